The lowest BCUT2D eigenvalue weighted by Gasteiger charge is -2.10. The van der Waals surface area contributed by atoms with Gasteiger partial charge in [0.15, 0.2) is 0 Å². The van der Waals surface area contributed by atoms with Gasteiger partial charge in [-0.1, -0.05) is 6.07 Å². The Hall–Kier alpha value is -3.81. The third-order valence-electron chi connectivity index (χ3n) is 3.90. The van der Waals surface area contributed by atoms with E-state index in [1.54, 1.807) is 12.1 Å². The van der Waals surface area contributed by atoms with Crippen LogP contribution in [-0.2, 0) is 0 Å². The standard InChI is InChI=1S/C19H11F2N3O3/c20-12-3-1-4-13(21)16(12)18(26)23-10-6-7-15-11(9-10)17(25)24-14-5-2-8-22-19(14)27-15/h1-9H,(H,23,26)(H,24,25). The Morgan fingerprint density at radius 2 is 1.85 bits per heavy atom. The number of hydrogen-bond donors (Lipinski definition) is 2. The van der Waals surface area contributed by atoms with Crippen LogP contribution in [0.4, 0.5) is 20.2 Å². The number of carbonyl (C=O) groups is 2. The lowest BCUT2D eigenvalue weighted by atomic mass is 10.1. The molecule has 8 heteroatoms. The average Bonchev–Trinajstić information content (AvgIpc) is 2.77. The number of ether oxygens (including phenoxy) is 1. The highest BCUT2D eigenvalue weighted by Gasteiger charge is 2.23. The molecule has 4 rings (SSSR count). The zero-order chi connectivity index (χ0) is 19.0. The molecule has 0 saturated carbocycles. The van der Waals surface area contributed by atoms with Crippen LogP contribution in [-0.4, -0.2) is 16.8 Å². The summed E-state index contributed by atoms with van der Waals surface area (Å²) >= 11 is 0. The molecule has 3 aromatic rings. The van der Waals surface area contributed by atoms with Gasteiger partial charge in [0.05, 0.1) is 5.56 Å². The van der Waals surface area contributed by atoms with Crippen molar-refractivity contribution in [3.8, 4) is 11.6 Å². The summed E-state index contributed by atoms with van der Waals surface area (Å²) in [6, 6.07) is 10.7. The van der Waals surface area contributed by atoms with Gasteiger partial charge >= 0.3 is 0 Å². The minimum atomic E-state index is -0.982. The van der Waals surface area contributed by atoms with Crippen LogP contribution in [0.25, 0.3) is 0 Å². The minimum Gasteiger partial charge on any atom is -0.436 e. The van der Waals surface area contributed by atoms with Crippen LogP contribution < -0.4 is 15.4 Å². The van der Waals surface area contributed by atoms with Gasteiger partial charge in [-0.05, 0) is 42.5 Å². The summed E-state index contributed by atoms with van der Waals surface area (Å²) in [5.74, 6) is -2.93. The van der Waals surface area contributed by atoms with Crippen LogP contribution in [0.1, 0.15) is 20.7 Å². The smallest absolute Gasteiger partial charge is 0.261 e. The molecule has 1 aliphatic heterocycles. The summed E-state index contributed by atoms with van der Waals surface area (Å²) in [4.78, 5) is 28.7. The molecule has 0 spiro atoms. The summed E-state index contributed by atoms with van der Waals surface area (Å²) in [7, 11) is 0. The number of rotatable bonds is 2. The fourth-order valence-electron chi connectivity index (χ4n) is 2.64. The van der Waals surface area contributed by atoms with Crippen LogP contribution in [0.5, 0.6) is 11.6 Å². The number of aromatic nitrogens is 1. The molecule has 1 aromatic heterocycles. The third kappa shape index (κ3) is 3.08. The Balaban J connectivity index is 1.65. The van der Waals surface area contributed by atoms with Gasteiger partial charge in [-0.15, -0.1) is 0 Å². The maximum atomic E-state index is 13.8. The second-order valence-electron chi connectivity index (χ2n) is 5.67. The molecule has 2 N–H and O–H groups in total. The minimum absolute atomic E-state index is 0.139. The van der Waals surface area contributed by atoms with E-state index in [0.29, 0.717) is 5.69 Å². The van der Waals surface area contributed by atoms with E-state index in [1.165, 1.54) is 24.4 Å². The number of benzene rings is 2. The predicted molar refractivity (Wildman–Crippen MR) is 93.0 cm³/mol. The lowest BCUT2D eigenvalue weighted by molar-refractivity contribution is 0.101. The molecule has 0 fully saturated rings. The van der Waals surface area contributed by atoms with Crippen molar-refractivity contribution < 1.29 is 23.1 Å². The van der Waals surface area contributed by atoms with Gasteiger partial charge in [0.25, 0.3) is 11.8 Å². The van der Waals surface area contributed by atoms with Crippen molar-refractivity contribution in [2.75, 3.05) is 10.6 Å². The Morgan fingerprint density at radius 3 is 2.63 bits per heavy atom. The molecule has 0 radical (unpaired) electrons. The summed E-state index contributed by atoms with van der Waals surface area (Å²) in [6.07, 6.45) is 1.52. The highest BCUT2D eigenvalue weighted by atomic mass is 19.1. The highest BCUT2D eigenvalue weighted by Crippen LogP contribution is 2.35. The van der Waals surface area contributed by atoms with Gasteiger partial charge in [-0.25, -0.2) is 13.8 Å². The van der Waals surface area contributed by atoms with E-state index in [1.807, 2.05) is 0 Å². The molecule has 134 valence electrons. The van der Waals surface area contributed by atoms with Gasteiger partial charge < -0.3 is 15.4 Å². The third-order valence-corrected chi connectivity index (χ3v) is 3.90. The number of pyridine rings is 1. The molecule has 1 aliphatic rings. The second-order valence-corrected chi connectivity index (χ2v) is 5.67. The van der Waals surface area contributed by atoms with Gasteiger partial charge in [-0.2, -0.15) is 0 Å². The molecule has 2 aromatic carbocycles. The number of amides is 2. The molecule has 0 aliphatic carbocycles. The lowest BCUT2D eigenvalue weighted by Crippen LogP contribution is -2.17. The van der Waals surface area contributed by atoms with E-state index in [4.69, 9.17) is 4.74 Å². The maximum Gasteiger partial charge on any atom is 0.261 e. The van der Waals surface area contributed by atoms with Crippen molar-refractivity contribution in [2.24, 2.45) is 0 Å². The molecular weight excluding hydrogens is 356 g/mol. The van der Waals surface area contributed by atoms with Gasteiger partial charge in [0.2, 0.25) is 5.88 Å². The molecule has 6 nitrogen and oxygen atoms in total. The van der Waals surface area contributed by atoms with Gasteiger partial charge in [0, 0.05) is 11.9 Å². The fourth-order valence-corrected chi connectivity index (χ4v) is 2.64. The number of nitrogens with zero attached hydrogens (tertiary/aromatic N) is 1. The molecule has 2 amide bonds. The number of carbonyl (C=O) groups excluding carboxylic acids is 2. The topological polar surface area (TPSA) is 80.3 Å². The first-order valence-corrected chi connectivity index (χ1v) is 7.86. The fraction of sp³-hybridized carbons (Fsp3) is 0. The van der Waals surface area contributed by atoms with Crippen LogP contribution in [0, 0.1) is 11.6 Å². The maximum absolute atomic E-state index is 13.8. The van der Waals surface area contributed by atoms with E-state index in [-0.39, 0.29) is 22.9 Å². The number of fused-ring (bicyclic) bond motifs is 2. The van der Waals surface area contributed by atoms with Crippen molar-refractivity contribution >= 4 is 23.2 Å². The van der Waals surface area contributed by atoms with Crippen LogP contribution in [0.15, 0.2) is 54.7 Å². The molecule has 2 heterocycles. The van der Waals surface area contributed by atoms with Crippen molar-refractivity contribution in [3.05, 3.63) is 77.5 Å². The number of hydrogen-bond acceptors (Lipinski definition) is 4. The quantitative estimate of drug-likeness (QED) is 0.718. The summed E-state index contributed by atoms with van der Waals surface area (Å²) < 4.78 is 33.1. The predicted octanol–water partition coefficient (Wildman–Crippen LogP) is 3.97. The first-order chi connectivity index (χ1) is 13.0. The van der Waals surface area contributed by atoms with Crippen LogP contribution >= 0.6 is 0 Å². The van der Waals surface area contributed by atoms with Crippen LogP contribution in [0.2, 0.25) is 0 Å². The highest BCUT2D eigenvalue weighted by molar-refractivity contribution is 6.10. The SMILES string of the molecule is O=C1Nc2cccnc2Oc2ccc(NC(=O)c3c(F)cccc3F)cc21. The summed E-state index contributed by atoms with van der Waals surface area (Å²) in [5.41, 5.74) is 0.0151. The zero-order valence-corrected chi connectivity index (χ0v) is 13.6. The van der Waals surface area contributed by atoms with E-state index in [2.05, 4.69) is 15.6 Å². The number of anilines is 2. The molecule has 27 heavy (non-hydrogen) atoms. The van der Waals surface area contributed by atoms with Crippen molar-refractivity contribution in [3.63, 3.8) is 0 Å². The first-order valence-electron chi connectivity index (χ1n) is 7.86. The van der Waals surface area contributed by atoms with Crippen molar-refractivity contribution in [1.82, 2.24) is 4.98 Å². The van der Waals surface area contributed by atoms with Crippen molar-refractivity contribution in [2.45, 2.75) is 0 Å². The molecular formula is C19H11F2N3O3. The Bertz CT molecular complexity index is 1070. The summed E-state index contributed by atoms with van der Waals surface area (Å²) in [6.45, 7) is 0. The number of nitrogens with one attached hydrogen (secondary N) is 2. The van der Waals surface area contributed by atoms with E-state index in [0.717, 1.165) is 18.2 Å². The van der Waals surface area contributed by atoms with Gasteiger partial charge in [0.1, 0.15) is 28.6 Å². The normalized spacial score (nSPS) is 12.1. The molecule has 0 saturated heterocycles. The van der Waals surface area contributed by atoms with Crippen molar-refractivity contribution in [1.29, 1.82) is 0 Å². The molecule has 0 atom stereocenters. The second kappa shape index (κ2) is 6.49. The monoisotopic (exact) mass is 367 g/mol. The average molecular weight is 367 g/mol. The van der Waals surface area contributed by atoms with Gasteiger partial charge in [-0.3, -0.25) is 9.59 Å². The first kappa shape index (κ1) is 16.6. The Morgan fingerprint density at radius 1 is 1.07 bits per heavy atom. The Kier molecular flexibility index (Phi) is 4.00. The molecule has 0 bridgehead atoms. The number of halogens is 2. The Labute approximate surface area is 151 Å². The van der Waals surface area contributed by atoms with E-state index < -0.39 is 29.0 Å². The van der Waals surface area contributed by atoms with E-state index >= 15 is 0 Å². The van der Waals surface area contributed by atoms with Crippen LogP contribution in [0.3, 0.4) is 0 Å². The molecule has 0 unspecified atom stereocenters. The van der Waals surface area contributed by atoms with E-state index in [9.17, 15) is 18.4 Å². The summed E-state index contributed by atoms with van der Waals surface area (Å²) in [5, 5.41) is 5.03. The zero-order valence-electron chi connectivity index (χ0n) is 13.6. The largest absolute Gasteiger partial charge is 0.436 e.